The summed E-state index contributed by atoms with van der Waals surface area (Å²) in [7, 11) is -3.62. The summed E-state index contributed by atoms with van der Waals surface area (Å²) >= 11 is 0. The van der Waals surface area contributed by atoms with Crippen LogP contribution in [0.5, 0.6) is 0 Å². The molecule has 5 nitrogen and oxygen atoms in total. The first-order chi connectivity index (χ1) is 11.9. The van der Waals surface area contributed by atoms with E-state index in [2.05, 4.69) is 9.82 Å². The maximum absolute atomic E-state index is 12.6. The van der Waals surface area contributed by atoms with Crippen molar-refractivity contribution in [1.29, 1.82) is 0 Å². The van der Waals surface area contributed by atoms with E-state index in [1.807, 2.05) is 51.1 Å². The Kier molecular flexibility index (Phi) is 4.63. The number of sulfonamides is 1. The lowest BCUT2D eigenvalue weighted by Gasteiger charge is -2.11. The van der Waals surface area contributed by atoms with Crippen molar-refractivity contribution in [3.05, 3.63) is 71.5 Å². The van der Waals surface area contributed by atoms with E-state index in [0.717, 1.165) is 29.1 Å². The van der Waals surface area contributed by atoms with Gasteiger partial charge in [-0.15, -0.1) is 0 Å². The highest BCUT2D eigenvalue weighted by Crippen LogP contribution is 2.20. The van der Waals surface area contributed by atoms with Crippen molar-refractivity contribution in [3.63, 3.8) is 0 Å². The van der Waals surface area contributed by atoms with Crippen molar-refractivity contribution in [2.45, 2.75) is 32.1 Å². The molecule has 3 rings (SSSR count). The Morgan fingerprint density at radius 2 is 1.76 bits per heavy atom. The molecule has 0 aliphatic heterocycles. The summed E-state index contributed by atoms with van der Waals surface area (Å²) in [6.07, 6.45) is 0.873. The Hall–Kier alpha value is -2.60. The third-order valence-corrected chi connectivity index (χ3v) is 5.39. The van der Waals surface area contributed by atoms with Crippen molar-refractivity contribution in [3.8, 4) is 5.69 Å². The maximum Gasteiger partial charge on any atom is 0.261 e. The quantitative estimate of drug-likeness (QED) is 0.756. The molecular formula is C19H21N3O2S. The van der Waals surface area contributed by atoms with Crippen LogP contribution < -0.4 is 4.72 Å². The topological polar surface area (TPSA) is 64.0 Å². The number of rotatable bonds is 5. The van der Waals surface area contributed by atoms with Crippen LogP contribution in [0.1, 0.15) is 23.9 Å². The zero-order chi connectivity index (χ0) is 18.0. The highest BCUT2D eigenvalue weighted by Gasteiger charge is 2.14. The van der Waals surface area contributed by atoms with Crippen LogP contribution in [-0.2, 0) is 16.4 Å². The van der Waals surface area contributed by atoms with Crippen molar-refractivity contribution in [2.24, 2.45) is 0 Å². The van der Waals surface area contributed by atoms with Gasteiger partial charge in [-0.05, 0) is 62.2 Å². The third kappa shape index (κ3) is 3.74. The molecule has 0 aliphatic carbocycles. The van der Waals surface area contributed by atoms with Crippen LogP contribution in [0.4, 0.5) is 5.69 Å². The van der Waals surface area contributed by atoms with Gasteiger partial charge in [-0.3, -0.25) is 4.72 Å². The third-order valence-electron chi connectivity index (χ3n) is 3.99. The fraction of sp³-hybridized carbons (Fsp3) is 0.211. The number of hydrogen-bond acceptors (Lipinski definition) is 3. The summed E-state index contributed by atoms with van der Waals surface area (Å²) in [6, 6.07) is 16.1. The molecule has 0 unspecified atom stereocenters. The van der Waals surface area contributed by atoms with E-state index in [1.165, 1.54) is 0 Å². The summed E-state index contributed by atoms with van der Waals surface area (Å²) in [6.45, 7) is 5.92. The van der Waals surface area contributed by atoms with E-state index in [-0.39, 0.29) is 4.90 Å². The van der Waals surface area contributed by atoms with Gasteiger partial charge in [-0.1, -0.05) is 25.1 Å². The van der Waals surface area contributed by atoms with E-state index in [4.69, 9.17) is 0 Å². The molecule has 6 heteroatoms. The number of aryl methyl sites for hydroxylation is 3. The van der Waals surface area contributed by atoms with Gasteiger partial charge in [-0.2, -0.15) is 5.10 Å². The number of anilines is 1. The summed E-state index contributed by atoms with van der Waals surface area (Å²) < 4.78 is 29.6. The second-order valence-corrected chi connectivity index (χ2v) is 7.67. The molecule has 1 aromatic heterocycles. The smallest absolute Gasteiger partial charge is 0.261 e. The minimum Gasteiger partial charge on any atom is -0.280 e. The van der Waals surface area contributed by atoms with Gasteiger partial charge in [0.1, 0.15) is 0 Å². The number of hydrogen-bond donors (Lipinski definition) is 1. The Bertz CT molecular complexity index is 990. The van der Waals surface area contributed by atoms with Gasteiger partial charge < -0.3 is 0 Å². The summed E-state index contributed by atoms with van der Waals surface area (Å²) in [5.41, 5.74) is 4.33. The number of nitrogens with one attached hydrogen (secondary N) is 1. The molecule has 0 bridgehead atoms. The Balaban J connectivity index is 1.89. The molecule has 3 aromatic rings. The minimum absolute atomic E-state index is 0.251. The normalized spacial score (nSPS) is 11.5. The SMILES string of the molecule is CCc1ccc(S(=O)(=O)Nc2cccc(-n3nc(C)cc3C)c2)cc1. The van der Waals surface area contributed by atoms with Crippen LogP contribution in [-0.4, -0.2) is 18.2 Å². The highest BCUT2D eigenvalue weighted by atomic mass is 32.2. The van der Waals surface area contributed by atoms with E-state index in [0.29, 0.717) is 5.69 Å². The second-order valence-electron chi connectivity index (χ2n) is 5.99. The molecule has 0 aliphatic rings. The molecule has 2 aromatic carbocycles. The first kappa shape index (κ1) is 17.2. The largest absolute Gasteiger partial charge is 0.280 e. The average molecular weight is 355 g/mol. The zero-order valence-corrected chi connectivity index (χ0v) is 15.3. The second kappa shape index (κ2) is 6.72. The molecular weight excluding hydrogens is 334 g/mol. The van der Waals surface area contributed by atoms with Gasteiger partial charge in [0, 0.05) is 5.69 Å². The summed E-state index contributed by atoms with van der Waals surface area (Å²) in [5.74, 6) is 0. The monoisotopic (exact) mass is 355 g/mol. The molecule has 0 spiro atoms. The van der Waals surface area contributed by atoms with Crippen molar-refractivity contribution >= 4 is 15.7 Å². The van der Waals surface area contributed by atoms with Gasteiger partial charge in [0.05, 0.1) is 22.0 Å². The molecule has 0 amide bonds. The molecule has 0 radical (unpaired) electrons. The lowest BCUT2D eigenvalue weighted by atomic mass is 10.2. The molecule has 0 atom stereocenters. The Morgan fingerprint density at radius 3 is 2.36 bits per heavy atom. The minimum atomic E-state index is -3.62. The fourth-order valence-electron chi connectivity index (χ4n) is 2.71. The van der Waals surface area contributed by atoms with Crippen molar-refractivity contribution in [2.75, 3.05) is 4.72 Å². The summed E-state index contributed by atoms with van der Waals surface area (Å²) in [4.78, 5) is 0.251. The standard InChI is InChI=1S/C19H21N3O2S/c1-4-16-8-10-19(11-9-16)25(23,24)21-17-6-5-7-18(13-17)22-15(3)12-14(2)20-22/h5-13,21H,4H2,1-3H3. The van der Waals surface area contributed by atoms with Crippen molar-refractivity contribution in [1.82, 2.24) is 9.78 Å². The van der Waals surface area contributed by atoms with Crippen LogP contribution in [0.2, 0.25) is 0 Å². The van der Waals surface area contributed by atoms with Crippen LogP contribution >= 0.6 is 0 Å². The summed E-state index contributed by atoms with van der Waals surface area (Å²) in [5, 5.41) is 4.43. The van der Waals surface area contributed by atoms with Gasteiger partial charge in [0.25, 0.3) is 10.0 Å². The van der Waals surface area contributed by atoms with Crippen LogP contribution in [0.15, 0.2) is 59.5 Å². The molecule has 1 N–H and O–H groups in total. The number of nitrogens with zero attached hydrogens (tertiary/aromatic N) is 2. The lowest BCUT2D eigenvalue weighted by molar-refractivity contribution is 0.601. The van der Waals surface area contributed by atoms with Gasteiger partial charge >= 0.3 is 0 Å². The molecule has 0 saturated carbocycles. The Labute approximate surface area is 148 Å². The first-order valence-electron chi connectivity index (χ1n) is 8.14. The average Bonchev–Trinajstić information content (AvgIpc) is 2.93. The fourth-order valence-corrected chi connectivity index (χ4v) is 3.76. The predicted molar refractivity (Wildman–Crippen MR) is 99.7 cm³/mol. The molecule has 25 heavy (non-hydrogen) atoms. The molecule has 0 fully saturated rings. The highest BCUT2D eigenvalue weighted by molar-refractivity contribution is 7.92. The maximum atomic E-state index is 12.6. The van der Waals surface area contributed by atoms with Gasteiger partial charge in [0.15, 0.2) is 0 Å². The zero-order valence-electron chi connectivity index (χ0n) is 14.5. The predicted octanol–water partition coefficient (Wildman–Crippen LogP) is 3.85. The lowest BCUT2D eigenvalue weighted by Crippen LogP contribution is -2.13. The van der Waals surface area contributed by atoms with Crippen LogP contribution in [0.25, 0.3) is 5.69 Å². The van der Waals surface area contributed by atoms with Crippen LogP contribution in [0, 0.1) is 13.8 Å². The first-order valence-corrected chi connectivity index (χ1v) is 9.63. The Morgan fingerprint density at radius 1 is 1.04 bits per heavy atom. The van der Waals surface area contributed by atoms with Gasteiger partial charge in [-0.25, -0.2) is 13.1 Å². The van der Waals surface area contributed by atoms with E-state index < -0.39 is 10.0 Å². The van der Waals surface area contributed by atoms with E-state index >= 15 is 0 Å². The van der Waals surface area contributed by atoms with E-state index in [1.54, 1.807) is 28.9 Å². The molecule has 130 valence electrons. The molecule has 1 heterocycles. The number of benzene rings is 2. The number of aromatic nitrogens is 2. The van der Waals surface area contributed by atoms with Crippen molar-refractivity contribution < 1.29 is 8.42 Å². The van der Waals surface area contributed by atoms with E-state index in [9.17, 15) is 8.42 Å². The van der Waals surface area contributed by atoms with Crippen LogP contribution in [0.3, 0.4) is 0 Å². The molecule has 0 saturated heterocycles. The van der Waals surface area contributed by atoms with Gasteiger partial charge in [0.2, 0.25) is 0 Å².